The topological polar surface area (TPSA) is 40.6 Å². The van der Waals surface area contributed by atoms with Gasteiger partial charge in [0.15, 0.2) is 5.78 Å². The predicted octanol–water partition coefficient (Wildman–Crippen LogP) is 5.00. The van der Waals surface area contributed by atoms with Crippen molar-refractivity contribution < 1.29 is 14.0 Å². The van der Waals surface area contributed by atoms with Crippen molar-refractivity contribution in [3.63, 3.8) is 0 Å². The van der Waals surface area contributed by atoms with Gasteiger partial charge in [-0.2, -0.15) is 0 Å². The Morgan fingerprint density at radius 1 is 1.00 bits per heavy atom. The van der Waals surface area contributed by atoms with Crippen molar-refractivity contribution in [3.05, 3.63) is 64.5 Å². The van der Waals surface area contributed by atoms with E-state index in [1.165, 1.54) is 17.2 Å². The Labute approximate surface area is 201 Å². The lowest BCUT2D eigenvalue weighted by molar-refractivity contribution is -0.118. The fourth-order valence-electron chi connectivity index (χ4n) is 5.58. The number of anilines is 1. The first-order valence-corrected chi connectivity index (χ1v) is 12.0. The highest BCUT2D eigenvalue weighted by molar-refractivity contribution is 6.02. The van der Waals surface area contributed by atoms with Gasteiger partial charge in [0.05, 0.1) is 5.69 Å². The Balaban J connectivity index is 0.00000259. The molecule has 5 rings (SSSR count). The summed E-state index contributed by atoms with van der Waals surface area (Å²) in [5.74, 6) is 0.933. The molecule has 0 N–H and O–H groups in total. The van der Waals surface area contributed by atoms with E-state index in [-0.39, 0.29) is 29.9 Å². The third-order valence-corrected chi connectivity index (χ3v) is 7.52. The van der Waals surface area contributed by atoms with Crippen molar-refractivity contribution in [2.45, 2.75) is 51.4 Å². The lowest BCUT2D eigenvalue weighted by Gasteiger charge is -2.32. The summed E-state index contributed by atoms with van der Waals surface area (Å²) < 4.78 is 13.8. The van der Waals surface area contributed by atoms with Crippen LogP contribution in [0.15, 0.2) is 36.4 Å². The maximum atomic E-state index is 13.8. The molecule has 0 saturated carbocycles. The van der Waals surface area contributed by atoms with Crippen LogP contribution in [0.5, 0.6) is 0 Å². The van der Waals surface area contributed by atoms with Gasteiger partial charge in [0, 0.05) is 31.5 Å². The molecule has 0 spiro atoms. The van der Waals surface area contributed by atoms with Gasteiger partial charge in [0.25, 0.3) is 0 Å². The number of aryl methyl sites for hydroxylation is 1. The third-order valence-electron chi connectivity index (χ3n) is 7.52. The fourth-order valence-corrected chi connectivity index (χ4v) is 5.58. The minimum atomic E-state index is -0.110. The second-order valence-corrected chi connectivity index (χ2v) is 9.53. The zero-order valence-electron chi connectivity index (χ0n) is 19.0. The fraction of sp³-hybridized carbons (Fsp3) is 0.481. The van der Waals surface area contributed by atoms with Crippen molar-refractivity contribution in [3.8, 4) is 0 Å². The molecule has 3 heterocycles. The molecule has 3 aliphatic rings. The smallest absolute Gasteiger partial charge is 0.227 e. The maximum absolute atomic E-state index is 13.8. The van der Waals surface area contributed by atoms with Crippen molar-refractivity contribution >= 4 is 29.8 Å². The number of hydrogen-bond donors (Lipinski definition) is 0. The highest BCUT2D eigenvalue weighted by Crippen LogP contribution is 2.38. The second-order valence-electron chi connectivity index (χ2n) is 9.53. The molecular formula is C27H32ClFN2O2. The van der Waals surface area contributed by atoms with Gasteiger partial charge in [-0.1, -0.05) is 18.2 Å². The van der Waals surface area contributed by atoms with Crippen molar-refractivity contribution in [1.82, 2.24) is 4.90 Å². The van der Waals surface area contributed by atoms with Crippen LogP contribution in [0.2, 0.25) is 0 Å². The summed E-state index contributed by atoms with van der Waals surface area (Å²) in [6, 6.07) is 11.1. The van der Waals surface area contributed by atoms with Crippen LogP contribution in [0.1, 0.15) is 59.2 Å². The standard InChI is InChI=1S/C27H31FN2O2.ClH/c28-24-4-2-1-3-20(24)11-15-29-13-9-19(10-14-29)5-7-25(31)23-17-21-6-8-26(32)30-16-12-22(18-23)27(21)30;/h1-4,17-19H,5-16H2;1H. The summed E-state index contributed by atoms with van der Waals surface area (Å²) in [6.07, 6.45) is 6.68. The number of benzene rings is 2. The Hall–Kier alpha value is -2.24. The largest absolute Gasteiger partial charge is 0.312 e. The number of carbonyl (C=O) groups excluding carboxylic acids is 2. The van der Waals surface area contributed by atoms with Crippen LogP contribution in [0.4, 0.5) is 10.1 Å². The number of halogens is 2. The minimum Gasteiger partial charge on any atom is -0.312 e. The number of Topliss-reactive ketones (excluding diaryl/α,β-unsaturated/α-hetero) is 1. The van der Waals surface area contributed by atoms with Gasteiger partial charge in [-0.05, 0) is 92.4 Å². The van der Waals surface area contributed by atoms with Crippen LogP contribution in [0, 0.1) is 11.7 Å². The van der Waals surface area contributed by atoms with Crippen molar-refractivity contribution in [1.29, 1.82) is 0 Å². The summed E-state index contributed by atoms with van der Waals surface area (Å²) in [4.78, 5) is 29.4. The Morgan fingerprint density at radius 3 is 2.48 bits per heavy atom. The second kappa shape index (κ2) is 10.4. The van der Waals surface area contributed by atoms with E-state index < -0.39 is 0 Å². The van der Waals surface area contributed by atoms with Crippen LogP contribution in [-0.2, 0) is 24.1 Å². The number of rotatable bonds is 7. The van der Waals surface area contributed by atoms with Gasteiger partial charge >= 0.3 is 0 Å². The molecule has 176 valence electrons. The number of carbonyl (C=O) groups is 2. The summed E-state index contributed by atoms with van der Waals surface area (Å²) in [6.45, 7) is 3.71. The third kappa shape index (κ3) is 5.15. The molecule has 4 nitrogen and oxygen atoms in total. The molecule has 1 saturated heterocycles. The Kier molecular flexibility index (Phi) is 7.50. The molecule has 3 aliphatic heterocycles. The molecule has 1 amide bonds. The highest BCUT2D eigenvalue weighted by Gasteiger charge is 2.32. The van der Waals surface area contributed by atoms with Crippen LogP contribution in [0.25, 0.3) is 0 Å². The van der Waals surface area contributed by atoms with Crippen molar-refractivity contribution in [2.24, 2.45) is 5.92 Å². The normalized spacial score (nSPS) is 18.2. The van der Waals surface area contributed by atoms with Gasteiger partial charge in [-0.25, -0.2) is 4.39 Å². The van der Waals surface area contributed by atoms with E-state index in [4.69, 9.17) is 0 Å². The van der Waals surface area contributed by atoms with Gasteiger partial charge in [-0.3, -0.25) is 9.59 Å². The molecular weight excluding hydrogens is 439 g/mol. The summed E-state index contributed by atoms with van der Waals surface area (Å²) in [5.41, 5.74) is 5.05. The van der Waals surface area contributed by atoms with Crippen LogP contribution in [0.3, 0.4) is 0 Å². The van der Waals surface area contributed by atoms with E-state index in [1.54, 1.807) is 6.07 Å². The van der Waals surface area contributed by atoms with Crippen LogP contribution in [-0.4, -0.2) is 42.8 Å². The average Bonchev–Trinajstić information content (AvgIpc) is 3.25. The molecule has 0 aromatic heterocycles. The summed E-state index contributed by atoms with van der Waals surface area (Å²) in [5, 5.41) is 0. The first-order valence-electron chi connectivity index (χ1n) is 12.0. The average molecular weight is 471 g/mol. The Bertz CT molecular complexity index is 1030. The lowest BCUT2D eigenvalue weighted by Crippen LogP contribution is -2.35. The zero-order valence-corrected chi connectivity index (χ0v) is 19.8. The summed E-state index contributed by atoms with van der Waals surface area (Å²) in [7, 11) is 0. The van der Waals surface area contributed by atoms with E-state index in [2.05, 4.69) is 4.90 Å². The van der Waals surface area contributed by atoms with Gasteiger partial charge < -0.3 is 9.80 Å². The zero-order chi connectivity index (χ0) is 22.1. The lowest BCUT2D eigenvalue weighted by atomic mass is 9.89. The SMILES string of the molecule is Cl.O=C(CCC1CCN(CCc2ccccc2F)CC1)c1cc2c3c(c1)CCN3C(=O)CC2. The van der Waals surface area contributed by atoms with Gasteiger partial charge in [0.1, 0.15) is 5.82 Å². The molecule has 2 aromatic carbocycles. The first kappa shape index (κ1) is 23.9. The number of nitrogens with zero attached hydrogens (tertiary/aromatic N) is 2. The van der Waals surface area contributed by atoms with Crippen molar-refractivity contribution in [2.75, 3.05) is 31.1 Å². The minimum absolute atomic E-state index is 0. The van der Waals surface area contributed by atoms with Crippen LogP contribution < -0.4 is 4.90 Å². The molecule has 0 aliphatic carbocycles. The molecule has 0 unspecified atom stereocenters. The molecule has 2 aromatic rings. The van der Waals surface area contributed by atoms with E-state index in [0.717, 1.165) is 81.5 Å². The molecule has 0 radical (unpaired) electrons. The van der Waals surface area contributed by atoms with Gasteiger partial charge in [-0.15, -0.1) is 12.4 Å². The summed E-state index contributed by atoms with van der Waals surface area (Å²) >= 11 is 0. The maximum Gasteiger partial charge on any atom is 0.227 e. The molecule has 0 bridgehead atoms. The van der Waals surface area contributed by atoms with E-state index in [0.29, 0.717) is 18.8 Å². The quantitative estimate of drug-likeness (QED) is 0.534. The first-order chi connectivity index (χ1) is 15.6. The van der Waals surface area contributed by atoms with E-state index in [1.807, 2.05) is 29.2 Å². The molecule has 33 heavy (non-hydrogen) atoms. The molecule has 0 atom stereocenters. The number of hydrogen-bond acceptors (Lipinski definition) is 3. The van der Waals surface area contributed by atoms with Crippen LogP contribution >= 0.6 is 12.4 Å². The number of ketones is 1. The number of likely N-dealkylation sites (tertiary alicyclic amines) is 1. The van der Waals surface area contributed by atoms with E-state index >= 15 is 0 Å². The predicted molar refractivity (Wildman–Crippen MR) is 131 cm³/mol. The van der Waals surface area contributed by atoms with E-state index in [9.17, 15) is 14.0 Å². The van der Waals surface area contributed by atoms with Gasteiger partial charge in [0.2, 0.25) is 5.91 Å². The number of amides is 1. The molecule has 6 heteroatoms. The number of piperidine rings is 1. The Morgan fingerprint density at radius 2 is 1.73 bits per heavy atom. The highest BCUT2D eigenvalue weighted by atomic mass is 35.5. The monoisotopic (exact) mass is 470 g/mol. The molecule has 1 fully saturated rings.